The van der Waals surface area contributed by atoms with Crippen LogP contribution in [0.3, 0.4) is 0 Å². The largest absolute Gasteiger partial charge is 0.341 e. The zero-order valence-electron chi connectivity index (χ0n) is 9.43. The first kappa shape index (κ1) is 14.3. The molecule has 18 heavy (non-hydrogen) atoms. The fourth-order valence-electron chi connectivity index (χ4n) is 1.17. The summed E-state index contributed by atoms with van der Waals surface area (Å²) in [6, 6.07) is 4.53. The number of rotatable bonds is 4. The number of allylic oxidation sites excluding steroid dienone is 1. The van der Waals surface area contributed by atoms with Crippen LogP contribution >= 0.6 is 0 Å². The molecule has 0 radical (unpaired) electrons. The van der Waals surface area contributed by atoms with Crippen molar-refractivity contribution in [1.29, 1.82) is 0 Å². The minimum absolute atomic E-state index is 0.325. The van der Waals surface area contributed by atoms with Gasteiger partial charge in [0.25, 0.3) is 0 Å². The van der Waals surface area contributed by atoms with Crippen LogP contribution in [0.25, 0.3) is 0 Å². The van der Waals surface area contributed by atoms with Crippen LogP contribution in [-0.2, 0) is 14.6 Å². The number of sulfone groups is 1. The van der Waals surface area contributed by atoms with E-state index >= 15 is 0 Å². The number of carbonyl (C=O) groups excluding carboxylic acids is 1. The van der Waals surface area contributed by atoms with E-state index in [1.165, 1.54) is 24.3 Å². The summed E-state index contributed by atoms with van der Waals surface area (Å²) in [5, 5.41) is 2.44. The van der Waals surface area contributed by atoms with Gasteiger partial charge >= 0.3 is 5.76 Å². The summed E-state index contributed by atoms with van der Waals surface area (Å²) in [6.07, 6.45) is 2.81. The quantitative estimate of drug-likeness (QED) is 0.857. The van der Waals surface area contributed by atoms with E-state index < -0.39 is 20.5 Å². The highest BCUT2D eigenvalue weighted by Crippen LogP contribution is 2.20. The summed E-state index contributed by atoms with van der Waals surface area (Å²) < 4.78 is 46.7. The van der Waals surface area contributed by atoms with Crippen LogP contribution in [0.2, 0.25) is 0 Å². The second kappa shape index (κ2) is 5.72. The van der Waals surface area contributed by atoms with Gasteiger partial charge in [-0.15, -0.1) is 0 Å². The maximum Gasteiger partial charge on any atom is 0.341 e. The molecular weight excluding hydrogens is 264 g/mol. The third kappa shape index (κ3) is 3.36. The second-order valence-corrected chi connectivity index (χ2v) is 5.24. The maximum atomic E-state index is 12.2. The van der Waals surface area contributed by atoms with Crippen LogP contribution in [0.1, 0.15) is 6.92 Å². The summed E-state index contributed by atoms with van der Waals surface area (Å²) in [5.41, 5.74) is 0.325. The smallest absolute Gasteiger partial charge is 0.323 e. The van der Waals surface area contributed by atoms with Crippen LogP contribution in [0.15, 0.2) is 41.3 Å². The lowest BCUT2D eigenvalue weighted by atomic mass is 10.3. The van der Waals surface area contributed by atoms with Gasteiger partial charge in [0.15, 0.2) is 0 Å². The molecule has 0 aliphatic heterocycles. The maximum absolute atomic E-state index is 12.2. The van der Waals surface area contributed by atoms with Gasteiger partial charge in [0.05, 0.1) is 4.90 Å². The Hall–Kier alpha value is -1.76. The Balaban J connectivity index is 2.91. The molecule has 0 heterocycles. The van der Waals surface area contributed by atoms with E-state index in [-0.39, 0.29) is 5.91 Å². The third-order valence-electron chi connectivity index (χ3n) is 2.00. The zero-order valence-corrected chi connectivity index (χ0v) is 10.2. The van der Waals surface area contributed by atoms with Crippen molar-refractivity contribution in [2.75, 3.05) is 5.32 Å². The number of hydrogen-bond donors (Lipinski definition) is 1. The predicted octanol–water partition coefficient (Wildman–Crippen LogP) is 2.20. The first-order chi connectivity index (χ1) is 8.37. The molecular formula is C11H11F2NO3S. The van der Waals surface area contributed by atoms with Crippen LogP contribution < -0.4 is 5.32 Å². The molecule has 98 valence electrons. The molecule has 4 nitrogen and oxygen atoms in total. The molecule has 0 aliphatic rings. The van der Waals surface area contributed by atoms with E-state index in [1.807, 2.05) is 0 Å². The number of benzene rings is 1. The minimum atomic E-state index is -4.59. The predicted molar refractivity (Wildman–Crippen MR) is 63.1 cm³/mol. The molecule has 0 fully saturated rings. The SMILES string of the molecule is CC=CC(=O)Nc1ccc(S(=O)(=O)C(F)F)cc1. The van der Waals surface area contributed by atoms with Crippen LogP contribution in [-0.4, -0.2) is 20.1 Å². The summed E-state index contributed by atoms with van der Waals surface area (Å²) in [6.45, 7) is 1.66. The van der Waals surface area contributed by atoms with Crippen LogP contribution in [0.4, 0.5) is 14.5 Å². The Morgan fingerprint density at radius 1 is 1.28 bits per heavy atom. The molecule has 0 saturated carbocycles. The lowest BCUT2D eigenvalue weighted by Crippen LogP contribution is -2.12. The molecule has 1 aromatic rings. The molecule has 0 saturated heterocycles. The Morgan fingerprint density at radius 2 is 1.83 bits per heavy atom. The Kier molecular flexibility index (Phi) is 4.55. The molecule has 0 aliphatic carbocycles. The first-order valence-electron chi connectivity index (χ1n) is 4.93. The van der Waals surface area contributed by atoms with Crippen LogP contribution in [0, 0.1) is 0 Å². The summed E-state index contributed by atoms with van der Waals surface area (Å²) in [4.78, 5) is 10.7. The number of halogens is 2. The second-order valence-electron chi connectivity index (χ2n) is 3.32. The Morgan fingerprint density at radius 3 is 2.28 bits per heavy atom. The number of nitrogens with one attached hydrogen (secondary N) is 1. The van der Waals surface area contributed by atoms with Gasteiger partial charge in [-0.2, -0.15) is 8.78 Å². The first-order valence-corrected chi connectivity index (χ1v) is 6.48. The molecule has 0 aromatic heterocycles. The van der Waals surface area contributed by atoms with Gasteiger partial charge < -0.3 is 5.32 Å². The molecule has 1 N–H and O–H groups in total. The molecule has 0 atom stereocenters. The number of alkyl halides is 2. The zero-order chi connectivity index (χ0) is 13.8. The third-order valence-corrected chi connectivity index (χ3v) is 3.40. The molecule has 7 heteroatoms. The number of carbonyl (C=O) groups is 1. The molecule has 1 aromatic carbocycles. The molecule has 1 amide bonds. The Labute approximate surface area is 103 Å². The molecule has 0 bridgehead atoms. The van der Waals surface area contributed by atoms with E-state index in [4.69, 9.17) is 0 Å². The molecule has 1 rings (SSSR count). The van der Waals surface area contributed by atoms with Gasteiger partial charge in [-0.1, -0.05) is 6.08 Å². The van der Waals surface area contributed by atoms with E-state index in [0.717, 1.165) is 12.1 Å². The topological polar surface area (TPSA) is 63.2 Å². The van der Waals surface area contributed by atoms with Crippen molar-refractivity contribution in [3.05, 3.63) is 36.4 Å². The lowest BCUT2D eigenvalue weighted by Gasteiger charge is -2.05. The number of anilines is 1. The molecule has 0 spiro atoms. The fraction of sp³-hybridized carbons (Fsp3) is 0.182. The van der Waals surface area contributed by atoms with Crippen molar-refractivity contribution in [3.63, 3.8) is 0 Å². The highest BCUT2D eigenvalue weighted by Gasteiger charge is 2.26. The average Bonchev–Trinajstić information content (AvgIpc) is 2.29. The van der Waals surface area contributed by atoms with E-state index in [2.05, 4.69) is 5.32 Å². The van der Waals surface area contributed by atoms with Gasteiger partial charge in [0.1, 0.15) is 0 Å². The molecule has 0 unspecified atom stereocenters. The number of amides is 1. The van der Waals surface area contributed by atoms with E-state index in [9.17, 15) is 22.0 Å². The van der Waals surface area contributed by atoms with Gasteiger partial charge in [0.2, 0.25) is 15.7 Å². The van der Waals surface area contributed by atoms with Crippen LogP contribution in [0.5, 0.6) is 0 Å². The van der Waals surface area contributed by atoms with Crippen molar-refractivity contribution in [2.24, 2.45) is 0 Å². The van der Waals surface area contributed by atoms with Gasteiger partial charge in [-0.05, 0) is 37.3 Å². The van der Waals surface area contributed by atoms with Gasteiger partial charge in [-0.25, -0.2) is 8.42 Å². The average molecular weight is 275 g/mol. The summed E-state index contributed by atoms with van der Waals surface area (Å²) >= 11 is 0. The van der Waals surface area contributed by atoms with Crippen molar-refractivity contribution in [3.8, 4) is 0 Å². The lowest BCUT2D eigenvalue weighted by molar-refractivity contribution is -0.111. The van der Waals surface area contributed by atoms with Crippen molar-refractivity contribution < 1.29 is 22.0 Å². The van der Waals surface area contributed by atoms with Crippen molar-refractivity contribution >= 4 is 21.4 Å². The number of hydrogen-bond acceptors (Lipinski definition) is 3. The van der Waals surface area contributed by atoms with Gasteiger partial charge in [-0.3, -0.25) is 4.79 Å². The Bertz CT molecular complexity index is 550. The standard InChI is InChI=1S/C11H11F2NO3S/c1-2-3-10(15)14-8-4-6-9(7-5-8)18(16,17)11(12)13/h2-7,11H,1H3,(H,14,15). The van der Waals surface area contributed by atoms with Gasteiger partial charge in [0, 0.05) is 5.69 Å². The monoisotopic (exact) mass is 275 g/mol. The van der Waals surface area contributed by atoms with E-state index in [0.29, 0.717) is 5.69 Å². The fourth-order valence-corrected chi connectivity index (χ4v) is 1.89. The normalized spacial score (nSPS) is 12.0. The minimum Gasteiger partial charge on any atom is -0.323 e. The van der Waals surface area contributed by atoms with Crippen molar-refractivity contribution in [1.82, 2.24) is 0 Å². The summed E-state index contributed by atoms with van der Waals surface area (Å²) in [7, 11) is -4.59. The highest BCUT2D eigenvalue weighted by atomic mass is 32.2. The highest BCUT2D eigenvalue weighted by molar-refractivity contribution is 7.91. The van der Waals surface area contributed by atoms with E-state index in [1.54, 1.807) is 6.92 Å². The summed E-state index contributed by atoms with van der Waals surface area (Å²) in [5.74, 6) is -3.84. The van der Waals surface area contributed by atoms with Crippen molar-refractivity contribution in [2.45, 2.75) is 17.6 Å².